The monoisotopic (exact) mass is 141 g/mol. The van der Waals surface area contributed by atoms with Gasteiger partial charge in [-0.1, -0.05) is 6.08 Å². The summed E-state index contributed by atoms with van der Waals surface area (Å²) in [5, 5.41) is 9.54. The lowest BCUT2D eigenvalue weighted by Gasteiger charge is -2.18. The van der Waals surface area contributed by atoms with E-state index in [0.717, 1.165) is 12.4 Å². The van der Waals surface area contributed by atoms with E-state index in [9.17, 15) is 5.21 Å². The van der Waals surface area contributed by atoms with E-state index in [1.807, 2.05) is 0 Å². The van der Waals surface area contributed by atoms with Crippen molar-refractivity contribution in [1.82, 2.24) is 0 Å². The topological polar surface area (TPSA) is 32.6 Å². The lowest BCUT2D eigenvalue weighted by molar-refractivity contribution is -1.01. The molecule has 1 aliphatic heterocycles. The fraction of sp³-hybridized carbons (Fsp3) is 0.571. The van der Waals surface area contributed by atoms with Gasteiger partial charge in [0, 0.05) is 0 Å². The average Bonchev–Trinajstić information content (AvgIpc) is 2.13. The Kier molecular flexibility index (Phi) is 1.87. The van der Waals surface area contributed by atoms with Crippen molar-refractivity contribution in [3.05, 3.63) is 12.7 Å². The Hall–Kier alpha value is -0.670. The molecule has 56 valence electrons. The predicted octanol–water partition coefficient (Wildman–Crippen LogP) is 0.810. The second kappa shape index (κ2) is 2.52. The van der Waals surface area contributed by atoms with Gasteiger partial charge in [-0.3, -0.25) is 0 Å². The van der Waals surface area contributed by atoms with E-state index in [2.05, 4.69) is 11.6 Å². The minimum absolute atomic E-state index is 0.0496. The number of quaternary nitrogens is 1. The second-order valence-corrected chi connectivity index (χ2v) is 2.65. The van der Waals surface area contributed by atoms with Gasteiger partial charge in [-0.25, -0.2) is 10.2 Å². The van der Waals surface area contributed by atoms with E-state index in [0.29, 0.717) is 13.0 Å². The Labute approximate surface area is 60.8 Å². The molecule has 0 aromatic heterocycles. The summed E-state index contributed by atoms with van der Waals surface area (Å²) in [5.41, 5.74) is 0. The molecule has 0 saturated carbocycles. The molecule has 0 fully saturated rings. The lowest BCUT2D eigenvalue weighted by Crippen LogP contribution is -2.43. The molecule has 1 rings (SSSR count). The number of amidine groups is 1. The molecule has 0 aliphatic carbocycles. The zero-order valence-corrected chi connectivity index (χ0v) is 6.25. The molecule has 1 heterocycles. The van der Waals surface area contributed by atoms with Crippen LogP contribution in [0.25, 0.3) is 0 Å². The number of hydrogen-bond acceptors (Lipinski definition) is 2. The Balaban J connectivity index is 2.65. The molecule has 0 spiro atoms. The highest BCUT2D eigenvalue weighted by atomic mass is 16.5. The fourth-order valence-electron chi connectivity index (χ4n) is 1.05. The lowest BCUT2D eigenvalue weighted by atomic mass is 10.3. The van der Waals surface area contributed by atoms with Crippen molar-refractivity contribution in [3.8, 4) is 0 Å². The van der Waals surface area contributed by atoms with E-state index < -0.39 is 0 Å². The van der Waals surface area contributed by atoms with Crippen LogP contribution in [0.4, 0.5) is 0 Å². The summed E-state index contributed by atoms with van der Waals surface area (Å²) in [7, 11) is 1.75. The normalized spacial score (nSPS) is 32.0. The van der Waals surface area contributed by atoms with Crippen LogP contribution < -0.4 is 0 Å². The molecule has 1 unspecified atom stereocenters. The van der Waals surface area contributed by atoms with E-state index in [-0.39, 0.29) is 4.65 Å². The van der Waals surface area contributed by atoms with Gasteiger partial charge in [0.2, 0.25) is 5.84 Å². The molecule has 0 aromatic carbocycles. The maximum Gasteiger partial charge on any atom is 0.234 e. The first kappa shape index (κ1) is 7.44. The Bertz CT molecular complexity index is 172. The molecule has 1 N–H and O–H groups in total. The molecular formula is C7H13N2O+. The summed E-state index contributed by atoms with van der Waals surface area (Å²) >= 11 is 0. The summed E-state index contributed by atoms with van der Waals surface area (Å²) in [4.78, 5) is 4.15. The van der Waals surface area contributed by atoms with Crippen LogP contribution in [0.5, 0.6) is 0 Å². The van der Waals surface area contributed by atoms with Crippen LogP contribution in [0.15, 0.2) is 17.6 Å². The Morgan fingerprint density at radius 2 is 2.60 bits per heavy atom. The molecule has 0 aromatic rings. The zero-order chi connectivity index (χ0) is 7.61. The van der Waals surface area contributed by atoms with Crippen molar-refractivity contribution in [2.45, 2.75) is 6.42 Å². The molecular weight excluding hydrogens is 128 g/mol. The van der Waals surface area contributed by atoms with E-state index >= 15 is 0 Å². The maximum absolute atomic E-state index is 9.54. The number of rotatable bonds is 2. The van der Waals surface area contributed by atoms with Gasteiger partial charge in [-0.15, -0.1) is 11.2 Å². The van der Waals surface area contributed by atoms with Crippen molar-refractivity contribution >= 4 is 5.84 Å². The standard InChI is InChI=1S/C7H13N2O/c1-3-4-7-8-5-6-9(7,2)10/h3,10H,1,4-6H2,2H3/q+1. The van der Waals surface area contributed by atoms with Gasteiger partial charge in [0.25, 0.3) is 0 Å². The first-order valence-electron chi connectivity index (χ1n) is 3.40. The number of likely N-dealkylation sites (N-methyl/N-ethyl adjacent to an activating group) is 1. The first-order valence-corrected chi connectivity index (χ1v) is 3.40. The third kappa shape index (κ3) is 1.25. The van der Waals surface area contributed by atoms with Gasteiger partial charge in [-0.05, 0) is 0 Å². The van der Waals surface area contributed by atoms with Crippen LogP contribution >= 0.6 is 0 Å². The Morgan fingerprint density at radius 3 is 3.00 bits per heavy atom. The SMILES string of the molecule is C=CCC1=NCC[N+]1(C)O. The molecule has 1 atom stereocenters. The third-order valence-corrected chi connectivity index (χ3v) is 1.71. The van der Waals surface area contributed by atoms with Crippen LogP contribution in [-0.2, 0) is 0 Å². The van der Waals surface area contributed by atoms with Gasteiger partial charge >= 0.3 is 0 Å². The molecule has 0 radical (unpaired) electrons. The van der Waals surface area contributed by atoms with Gasteiger partial charge in [0.15, 0.2) is 0 Å². The molecule has 0 amide bonds. The fourth-order valence-corrected chi connectivity index (χ4v) is 1.05. The highest BCUT2D eigenvalue weighted by Crippen LogP contribution is 2.10. The molecule has 3 heteroatoms. The van der Waals surface area contributed by atoms with E-state index in [1.165, 1.54) is 0 Å². The molecule has 0 bridgehead atoms. The molecule has 3 nitrogen and oxygen atoms in total. The number of hydroxylamine groups is 3. The maximum atomic E-state index is 9.54. The van der Waals surface area contributed by atoms with Crippen molar-refractivity contribution in [2.75, 3.05) is 20.1 Å². The highest BCUT2D eigenvalue weighted by molar-refractivity contribution is 5.77. The number of hydrogen-bond donors (Lipinski definition) is 1. The summed E-state index contributed by atoms with van der Waals surface area (Å²) in [6.07, 6.45) is 2.45. The van der Waals surface area contributed by atoms with E-state index in [1.54, 1.807) is 13.1 Å². The minimum atomic E-state index is -0.0496. The van der Waals surface area contributed by atoms with Gasteiger partial charge in [-0.2, -0.15) is 0 Å². The van der Waals surface area contributed by atoms with Crippen LogP contribution in [0.2, 0.25) is 0 Å². The summed E-state index contributed by atoms with van der Waals surface area (Å²) in [6, 6.07) is 0. The highest BCUT2D eigenvalue weighted by Gasteiger charge is 2.30. The summed E-state index contributed by atoms with van der Waals surface area (Å²) in [5.74, 6) is 0.815. The predicted molar refractivity (Wildman–Crippen MR) is 40.0 cm³/mol. The number of aliphatic imine (C=N–C) groups is 1. The molecule has 10 heavy (non-hydrogen) atoms. The quantitative estimate of drug-likeness (QED) is 0.448. The average molecular weight is 141 g/mol. The van der Waals surface area contributed by atoms with Crippen LogP contribution in [0, 0.1) is 0 Å². The zero-order valence-electron chi connectivity index (χ0n) is 6.25. The van der Waals surface area contributed by atoms with Gasteiger partial charge in [0.1, 0.15) is 13.6 Å². The smallest absolute Gasteiger partial charge is 0.230 e. The largest absolute Gasteiger partial charge is 0.234 e. The molecule has 0 saturated heterocycles. The summed E-state index contributed by atoms with van der Waals surface area (Å²) < 4.78 is -0.0496. The Morgan fingerprint density at radius 1 is 1.90 bits per heavy atom. The van der Waals surface area contributed by atoms with Crippen molar-refractivity contribution < 1.29 is 9.85 Å². The minimum Gasteiger partial charge on any atom is -0.230 e. The number of nitrogens with zero attached hydrogens (tertiary/aromatic N) is 2. The van der Waals surface area contributed by atoms with Gasteiger partial charge in [0.05, 0.1) is 13.0 Å². The van der Waals surface area contributed by atoms with Crippen molar-refractivity contribution in [3.63, 3.8) is 0 Å². The van der Waals surface area contributed by atoms with E-state index in [4.69, 9.17) is 0 Å². The summed E-state index contributed by atoms with van der Waals surface area (Å²) in [6.45, 7) is 5.02. The van der Waals surface area contributed by atoms with Crippen LogP contribution in [0.3, 0.4) is 0 Å². The van der Waals surface area contributed by atoms with Crippen LogP contribution in [-0.4, -0.2) is 35.8 Å². The third-order valence-electron chi connectivity index (χ3n) is 1.71. The van der Waals surface area contributed by atoms with Crippen molar-refractivity contribution in [1.29, 1.82) is 0 Å². The van der Waals surface area contributed by atoms with Crippen molar-refractivity contribution in [2.24, 2.45) is 4.99 Å². The second-order valence-electron chi connectivity index (χ2n) is 2.65. The van der Waals surface area contributed by atoms with Crippen LogP contribution in [0.1, 0.15) is 6.42 Å². The molecule has 1 aliphatic rings. The van der Waals surface area contributed by atoms with Gasteiger partial charge < -0.3 is 0 Å². The first-order chi connectivity index (χ1) is 4.67.